The lowest BCUT2D eigenvalue weighted by Gasteiger charge is -2.37. The largest absolute Gasteiger partial charge is 0.304 e. The lowest BCUT2D eigenvalue weighted by atomic mass is 9.74. The molecule has 0 N–H and O–H groups in total. The lowest BCUT2D eigenvalue weighted by molar-refractivity contribution is -0.124. The van der Waals surface area contributed by atoms with Gasteiger partial charge in [-0.2, -0.15) is 0 Å². The molecule has 0 radical (unpaired) electrons. The van der Waals surface area contributed by atoms with Crippen molar-refractivity contribution in [3.63, 3.8) is 0 Å². The zero-order chi connectivity index (χ0) is 21.8. The molecule has 0 unspecified atom stereocenters. The predicted octanol–water partition coefficient (Wildman–Crippen LogP) is 2.78. The Balaban J connectivity index is 1.52. The summed E-state index contributed by atoms with van der Waals surface area (Å²) in [4.78, 5) is 24.5. The molecule has 1 saturated heterocycles. The Hall–Kier alpha value is -2.84. The Morgan fingerprint density at radius 1 is 1.10 bits per heavy atom. The topological polar surface area (TPSA) is 83.5 Å². The van der Waals surface area contributed by atoms with E-state index in [0.717, 1.165) is 33.3 Å². The standard InChI is InChI=1S/C23H24N4O3S/c1-16-18-6-4-3-5-17(18)13-25-20(16)15-27-21-14-24-10-7-19(21)23(22(27)28)8-11-26(12-9-23)31(2,29)30/h3-7,10,13-14H,8-9,11-12,15H2,1-2H3. The van der Waals surface area contributed by atoms with E-state index in [0.29, 0.717) is 32.5 Å². The third-order valence-corrected chi connectivity index (χ3v) is 8.07. The van der Waals surface area contributed by atoms with E-state index in [9.17, 15) is 13.2 Å². The second kappa shape index (κ2) is 7.10. The average Bonchev–Trinajstić information content (AvgIpc) is 2.98. The molecule has 1 fully saturated rings. The number of fused-ring (bicyclic) bond motifs is 3. The van der Waals surface area contributed by atoms with Crippen molar-refractivity contribution in [1.29, 1.82) is 0 Å². The quantitative estimate of drug-likeness (QED) is 0.630. The predicted molar refractivity (Wildman–Crippen MR) is 119 cm³/mol. The maximum atomic E-state index is 13.8. The highest BCUT2D eigenvalue weighted by atomic mass is 32.2. The van der Waals surface area contributed by atoms with Crippen molar-refractivity contribution in [3.05, 3.63) is 65.7 Å². The number of benzene rings is 1. The highest BCUT2D eigenvalue weighted by molar-refractivity contribution is 7.88. The SMILES string of the molecule is Cc1c(CN2C(=O)C3(CCN(S(C)(=O)=O)CC3)c3ccncc32)ncc2ccccc12. The summed E-state index contributed by atoms with van der Waals surface area (Å²) in [6.45, 7) is 3.09. The number of carbonyl (C=O) groups is 1. The summed E-state index contributed by atoms with van der Waals surface area (Å²) in [6.07, 6.45) is 7.46. The number of hydrogen-bond donors (Lipinski definition) is 0. The van der Waals surface area contributed by atoms with Gasteiger partial charge in [-0.3, -0.25) is 14.8 Å². The second-order valence-electron chi connectivity index (χ2n) is 8.45. The molecule has 1 spiro atoms. The van der Waals surface area contributed by atoms with Crippen LogP contribution in [0, 0.1) is 6.92 Å². The van der Waals surface area contributed by atoms with Crippen LogP contribution in [0.1, 0.15) is 29.7 Å². The van der Waals surface area contributed by atoms with E-state index in [2.05, 4.69) is 16.0 Å². The second-order valence-corrected chi connectivity index (χ2v) is 10.4. The van der Waals surface area contributed by atoms with E-state index in [1.54, 1.807) is 17.3 Å². The molecule has 3 aromatic rings. The minimum absolute atomic E-state index is 0.0120. The minimum atomic E-state index is -3.27. The van der Waals surface area contributed by atoms with Crippen LogP contribution in [-0.4, -0.2) is 47.9 Å². The van der Waals surface area contributed by atoms with Crippen LogP contribution in [0.25, 0.3) is 10.8 Å². The molecule has 2 aromatic heterocycles. The molecule has 31 heavy (non-hydrogen) atoms. The van der Waals surface area contributed by atoms with Gasteiger partial charge in [-0.15, -0.1) is 0 Å². The van der Waals surface area contributed by atoms with Crippen LogP contribution in [0.4, 0.5) is 5.69 Å². The van der Waals surface area contributed by atoms with Crippen LogP contribution in [0.15, 0.2) is 48.9 Å². The molecule has 0 aliphatic carbocycles. The summed E-state index contributed by atoms with van der Waals surface area (Å²) in [7, 11) is -3.27. The lowest BCUT2D eigenvalue weighted by Crippen LogP contribution is -2.49. The van der Waals surface area contributed by atoms with Gasteiger partial charge in [0.2, 0.25) is 15.9 Å². The van der Waals surface area contributed by atoms with Crippen LogP contribution in [0.3, 0.4) is 0 Å². The molecule has 1 aromatic carbocycles. The molecule has 0 atom stereocenters. The summed E-state index contributed by atoms with van der Waals surface area (Å²) in [6, 6.07) is 10.00. The van der Waals surface area contributed by atoms with Gasteiger partial charge in [0.05, 0.1) is 35.8 Å². The molecular formula is C23H24N4O3S. The zero-order valence-corrected chi connectivity index (χ0v) is 18.4. The molecule has 160 valence electrons. The van der Waals surface area contributed by atoms with Gasteiger partial charge in [0, 0.05) is 30.9 Å². The van der Waals surface area contributed by atoms with E-state index in [4.69, 9.17) is 0 Å². The first-order chi connectivity index (χ1) is 14.8. The van der Waals surface area contributed by atoms with Crippen molar-refractivity contribution in [1.82, 2.24) is 14.3 Å². The molecular weight excluding hydrogens is 412 g/mol. The smallest absolute Gasteiger partial charge is 0.238 e. The third kappa shape index (κ3) is 3.13. The monoisotopic (exact) mass is 436 g/mol. The van der Waals surface area contributed by atoms with Crippen molar-refractivity contribution >= 4 is 32.4 Å². The van der Waals surface area contributed by atoms with E-state index in [1.165, 1.54) is 10.6 Å². The summed E-state index contributed by atoms with van der Waals surface area (Å²) < 4.78 is 25.4. The average molecular weight is 437 g/mol. The van der Waals surface area contributed by atoms with E-state index in [1.807, 2.05) is 37.4 Å². The van der Waals surface area contributed by atoms with Crippen molar-refractivity contribution < 1.29 is 13.2 Å². The molecule has 8 heteroatoms. The number of pyridine rings is 2. The first-order valence-electron chi connectivity index (χ1n) is 10.4. The van der Waals surface area contributed by atoms with Crippen molar-refractivity contribution in [2.45, 2.75) is 31.7 Å². The van der Waals surface area contributed by atoms with Gasteiger partial charge in [-0.05, 0) is 42.3 Å². The summed E-state index contributed by atoms with van der Waals surface area (Å²) in [5.41, 5.74) is 2.95. The highest BCUT2D eigenvalue weighted by Crippen LogP contribution is 2.48. The first-order valence-corrected chi connectivity index (χ1v) is 12.2. The fourth-order valence-electron chi connectivity index (χ4n) is 4.99. The van der Waals surface area contributed by atoms with Crippen LogP contribution in [0.2, 0.25) is 0 Å². The first kappa shape index (κ1) is 20.1. The molecule has 7 nitrogen and oxygen atoms in total. The van der Waals surface area contributed by atoms with Crippen LogP contribution >= 0.6 is 0 Å². The maximum Gasteiger partial charge on any atom is 0.238 e. The van der Waals surface area contributed by atoms with Gasteiger partial charge < -0.3 is 4.90 Å². The summed E-state index contributed by atoms with van der Waals surface area (Å²) in [5, 5.41) is 2.20. The number of carbonyl (C=O) groups excluding carboxylic acids is 1. The normalized spacial score (nSPS) is 18.6. The minimum Gasteiger partial charge on any atom is -0.304 e. The number of aryl methyl sites for hydroxylation is 1. The molecule has 0 bridgehead atoms. The number of aromatic nitrogens is 2. The molecule has 2 aliphatic heterocycles. The number of piperidine rings is 1. The van der Waals surface area contributed by atoms with Crippen LogP contribution in [0.5, 0.6) is 0 Å². The Bertz CT molecular complexity index is 1300. The summed E-state index contributed by atoms with van der Waals surface area (Å²) in [5.74, 6) is 0.0120. The van der Waals surface area contributed by atoms with Gasteiger partial charge in [0.1, 0.15) is 0 Å². The van der Waals surface area contributed by atoms with Crippen molar-refractivity contribution in [3.8, 4) is 0 Å². The number of anilines is 1. The van der Waals surface area contributed by atoms with E-state index < -0.39 is 15.4 Å². The van der Waals surface area contributed by atoms with Crippen molar-refractivity contribution in [2.75, 3.05) is 24.2 Å². The molecule has 2 aliphatic rings. The summed E-state index contributed by atoms with van der Waals surface area (Å²) >= 11 is 0. The van der Waals surface area contributed by atoms with E-state index >= 15 is 0 Å². The number of rotatable bonds is 3. The van der Waals surface area contributed by atoms with Gasteiger partial charge in [0.25, 0.3) is 0 Å². The highest BCUT2D eigenvalue weighted by Gasteiger charge is 2.52. The molecule has 1 amide bonds. The van der Waals surface area contributed by atoms with Crippen LogP contribution < -0.4 is 4.90 Å². The van der Waals surface area contributed by atoms with Crippen LogP contribution in [-0.2, 0) is 26.8 Å². The fourth-order valence-corrected chi connectivity index (χ4v) is 5.83. The number of hydrogen-bond acceptors (Lipinski definition) is 5. The Kier molecular flexibility index (Phi) is 4.60. The van der Waals surface area contributed by atoms with Gasteiger partial charge >= 0.3 is 0 Å². The number of amides is 1. The maximum absolute atomic E-state index is 13.8. The fraction of sp³-hybridized carbons (Fsp3) is 0.348. The zero-order valence-electron chi connectivity index (χ0n) is 17.6. The third-order valence-electron chi connectivity index (χ3n) is 6.77. The Morgan fingerprint density at radius 2 is 1.84 bits per heavy atom. The van der Waals surface area contributed by atoms with Gasteiger partial charge in [-0.25, -0.2) is 12.7 Å². The number of sulfonamides is 1. The van der Waals surface area contributed by atoms with Gasteiger partial charge in [-0.1, -0.05) is 24.3 Å². The molecule has 5 rings (SSSR count). The Labute approximate surface area is 181 Å². The molecule has 0 saturated carbocycles. The molecule has 4 heterocycles. The van der Waals surface area contributed by atoms with E-state index in [-0.39, 0.29) is 5.91 Å². The number of nitrogens with zero attached hydrogens (tertiary/aromatic N) is 4. The van der Waals surface area contributed by atoms with Crippen molar-refractivity contribution in [2.24, 2.45) is 0 Å². The van der Waals surface area contributed by atoms with Gasteiger partial charge in [0.15, 0.2) is 0 Å². The Morgan fingerprint density at radius 3 is 2.58 bits per heavy atom.